The molecule has 1 fully saturated rings. The Morgan fingerprint density at radius 2 is 1.84 bits per heavy atom. The molecule has 4 nitrogen and oxygen atoms in total. The Bertz CT molecular complexity index is 447. The van der Waals surface area contributed by atoms with E-state index in [1.54, 1.807) is 24.3 Å². The van der Waals surface area contributed by atoms with Crippen LogP contribution in [0.3, 0.4) is 0 Å². The summed E-state index contributed by atoms with van der Waals surface area (Å²) in [6, 6.07) is 6.74. The van der Waals surface area contributed by atoms with Gasteiger partial charge in [-0.3, -0.25) is 4.79 Å². The van der Waals surface area contributed by atoms with Gasteiger partial charge in [0.25, 0.3) is 0 Å². The molecule has 1 N–H and O–H groups in total. The van der Waals surface area contributed by atoms with Crippen LogP contribution < -0.4 is 5.32 Å². The summed E-state index contributed by atoms with van der Waals surface area (Å²) in [4.78, 5) is 23.1. The summed E-state index contributed by atoms with van der Waals surface area (Å²) in [5.74, 6) is 0.218. The van der Waals surface area contributed by atoms with Gasteiger partial charge in [0.2, 0.25) is 5.91 Å². The predicted molar refractivity (Wildman–Crippen MR) is 73.0 cm³/mol. The number of hydrogen-bond donors (Lipinski definition) is 1. The number of carbonyl (C=O) groups excluding carboxylic acids is 2. The average Bonchev–Trinajstić information content (AvgIpc) is 2.91. The predicted octanol–water partition coefficient (Wildman–Crippen LogP) is 2.99. The lowest BCUT2D eigenvalue weighted by Gasteiger charge is -2.09. The van der Waals surface area contributed by atoms with E-state index in [0.29, 0.717) is 17.9 Å². The van der Waals surface area contributed by atoms with Gasteiger partial charge < -0.3 is 10.1 Å². The third kappa shape index (κ3) is 3.81. The second-order valence-electron chi connectivity index (χ2n) is 4.97. The highest BCUT2D eigenvalue weighted by Crippen LogP contribution is 2.27. The second kappa shape index (κ2) is 6.36. The molecule has 4 heteroatoms. The first kappa shape index (κ1) is 13.6. The Morgan fingerprint density at radius 3 is 2.42 bits per heavy atom. The number of rotatable bonds is 4. The summed E-state index contributed by atoms with van der Waals surface area (Å²) in [5, 5.41) is 2.86. The standard InChI is InChI=1S/C15H19NO3/c1-19-15(18)12-6-8-13(9-7-12)16-14(17)10-11-4-2-3-5-11/h6-9,11H,2-5,10H2,1H3,(H,16,17). The van der Waals surface area contributed by atoms with Crippen molar-refractivity contribution in [3.63, 3.8) is 0 Å². The maximum absolute atomic E-state index is 11.8. The van der Waals surface area contributed by atoms with Crippen molar-refractivity contribution in [2.45, 2.75) is 32.1 Å². The fourth-order valence-corrected chi connectivity index (χ4v) is 2.50. The van der Waals surface area contributed by atoms with Crippen molar-refractivity contribution < 1.29 is 14.3 Å². The highest BCUT2D eigenvalue weighted by atomic mass is 16.5. The Morgan fingerprint density at radius 1 is 1.21 bits per heavy atom. The van der Waals surface area contributed by atoms with Crippen LogP contribution in [0.4, 0.5) is 5.69 Å². The molecule has 0 unspecified atom stereocenters. The molecule has 0 radical (unpaired) electrons. The number of esters is 1. The number of amides is 1. The van der Waals surface area contributed by atoms with Crippen molar-refractivity contribution in [1.29, 1.82) is 0 Å². The monoisotopic (exact) mass is 261 g/mol. The highest BCUT2D eigenvalue weighted by Gasteiger charge is 2.18. The zero-order valence-electron chi connectivity index (χ0n) is 11.1. The van der Waals surface area contributed by atoms with Crippen LogP contribution in [0.1, 0.15) is 42.5 Å². The molecule has 0 aromatic heterocycles. The van der Waals surface area contributed by atoms with Crippen LogP contribution in [0.2, 0.25) is 0 Å². The molecule has 1 saturated carbocycles. The van der Waals surface area contributed by atoms with Crippen LogP contribution in [-0.2, 0) is 9.53 Å². The van der Waals surface area contributed by atoms with Gasteiger partial charge in [0.15, 0.2) is 0 Å². The first-order valence-corrected chi connectivity index (χ1v) is 6.67. The molecule has 0 bridgehead atoms. The third-order valence-electron chi connectivity index (χ3n) is 3.54. The lowest BCUT2D eigenvalue weighted by Crippen LogP contribution is -2.15. The van der Waals surface area contributed by atoms with Gasteiger partial charge in [-0.15, -0.1) is 0 Å². The number of nitrogens with one attached hydrogen (secondary N) is 1. The van der Waals surface area contributed by atoms with Gasteiger partial charge in [0.05, 0.1) is 12.7 Å². The second-order valence-corrected chi connectivity index (χ2v) is 4.97. The van der Waals surface area contributed by atoms with Crippen molar-refractivity contribution >= 4 is 17.6 Å². The van der Waals surface area contributed by atoms with Crippen molar-refractivity contribution in [3.8, 4) is 0 Å². The van der Waals surface area contributed by atoms with Crippen molar-refractivity contribution in [3.05, 3.63) is 29.8 Å². The quantitative estimate of drug-likeness (QED) is 0.848. The Labute approximate surface area is 113 Å². The number of hydrogen-bond acceptors (Lipinski definition) is 3. The summed E-state index contributed by atoms with van der Waals surface area (Å²) >= 11 is 0. The average molecular weight is 261 g/mol. The fraction of sp³-hybridized carbons (Fsp3) is 0.467. The normalized spacial score (nSPS) is 15.2. The molecule has 0 heterocycles. The molecule has 1 aromatic carbocycles. The maximum atomic E-state index is 11.8. The van der Waals surface area contributed by atoms with E-state index in [9.17, 15) is 9.59 Å². The Hall–Kier alpha value is -1.84. The maximum Gasteiger partial charge on any atom is 0.337 e. The molecule has 0 atom stereocenters. The van der Waals surface area contributed by atoms with Gasteiger partial charge >= 0.3 is 5.97 Å². The lowest BCUT2D eigenvalue weighted by atomic mass is 10.0. The Kier molecular flexibility index (Phi) is 4.55. The molecule has 1 amide bonds. The molecule has 0 saturated heterocycles. The highest BCUT2D eigenvalue weighted by molar-refractivity contribution is 5.93. The first-order chi connectivity index (χ1) is 9.19. The van der Waals surface area contributed by atoms with Gasteiger partial charge in [-0.05, 0) is 43.0 Å². The van der Waals surface area contributed by atoms with E-state index in [1.165, 1.54) is 20.0 Å². The van der Waals surface area contributed by atoms with E-state index in [4.69, 9.17) is 0 Å². The molecule has 1 aliphatic carbocycles. The minimum Gasteiger partial charge on any atom is -0.465 e. The smallest absolute Gasteiger partial charge is 0.337 e. The minimum absolute atomic E-state index is 0.0534. The van der Waals surface area contributed by atoms with Crippen LogP contribution in [-0.4, -0.2) is 19.0 Å². The van der Waals surface area contributed by atoms with Gasteiger partial charge in [0, 0.05) is 12.1 Å². The van der Waals surface area contributed by atoms with Crippen LogP contribution in [0.5, 0.6) is 0 Å². The SMILES string of the molecule is COC(=O)c1ccc(NC(=O)CC2CCCC2)cc1. The van der Waals surface area contributed by atoms with Crippen molar-refractivity contribution in [1.82, 2.24) is 0 Å². The first-order valence-electron chi connectivity index (χ1n) is 6.67. The number of benzene rings is 1. The van der Waals surface area contributed by atoms with E-state index >= 15 is 0 Å². The van der Waals surface area contributed by atoms with Gasteiger partial charge in [0.1, 0.15) is 0 Å². The van der Waals surface area contributed by atoms with Crippen LogP contribution in [0.15, 0.2) is 24.3 Å². The molecule has 1 aromatic rings. The van der Waals surface area contributed by atoms with Gasteiger partial charge in [-0.1, -0.05) is 12.8 Å². The summed E-state index contributed by atoms with van der Waals surface area (Å²) in [7, 11) is 1.35. The summed E-state index contributed by atoms with van der Waals surface area (Å²) in [5.41, 5.74) is 1.20. The molecular formula is C15H19NO3. The molecule has 0 spiro atoms. The molecule has 102 valence electrons. The summed E-state index contributed by atoms with van der Waals surface area (Å²) < 4.78 is 4.62. The van der Waals surface area contributed by atoms with Crippen LogP contribution in [0.25, 0.3) is 0 Å². The third-order valence-corrected chi connectivity index (χ3v) is 3.54. The Balaban J connectivity index is 1.88. The number of anilines is 1. The number of carbonyl (C=O) groups is 2. The van der Waals surface area contributed by atoms with Crippen molar-refractivity contribution in [2.24, 2.45) is 5.92 Å². The lowest BCUT2D eigenvalue weighted by molar-refractivity contribution is -0.117. The topological polar surface area (TPSA) is 55.4 Å². The van der Waals surface area contributed by atoms with E-state index in [0.717, 1.165) is 18.5 Å². The molecule has 2 rings (SSSR count). The largest absolute Gasteiger partial charge is 0.465 e. The minimum atomic E-state index is -0.371. The zero-order chi connectivity index (χ0) is 13.7. The summed E-state index contributed by atoms with van der Waals surface area (Å²) in [6.45, 7) is 0. The number of methoxy groups -OCH3 is 1. The van der Waals surface area contributed by atoms with E-state index in [-0.39, 0.29) is 11.9 Å². The summed E-state index contributed by atoms with van der Waals surface area (Å²) in [6.07, 6.45) is 5.40. The fourth-order valence-electron chi connectivity index (χ4n) is 2.50. The van der Waals surface area contributed by atoms with Crippen LogP contribution in [0, 0.1) is 5.92 Å². The van der Waals surface area contributed by atoms with Crippen molar-refractivity contribution in [2.75, 3.05) is 12.4 Å². The van der Waals surface area contributed by atoms with E-state index in [2.05, 4.69) is 10.1 Å². The van der Waals surface area contributed by atoms with E-state index < -0.39 is 0 Å². The van der Waals surface area contributed by atoms with Gasteiger partial charge in [-0.2, -0.15) is 0 Å². The van der Waals surface area contributed by atoms with E-state index in [1.807, 2.05) is 0 Å². The number of ether oxygens (including phenoxy) is 1. The van der Waals surface area contributed by atoms with Crippen LogP contribution >= 0.6 is 0 Å². The molecular weight excluding hydrogens is 242 g/mol. The molecule has 0 aliphatic heterocycles. The molecule has 1 aliphatic rings. The molecule has 19 heavy (non-hydrogen) atoms. The zero-order valence-corrected chi connectivity index (χ0v) is 11.1. The van der Waals surface area contributed by atoms with Gasteiger partial charge in [-0.25, -0.2) is 4.79 Å².